The molecule has 166 valence electrons. The summed E-state index contributed by atoms with van der Waals surface area (Å²) in [4.78, 5) is 24.3. The Morgan fingerprint density at radius 2 is 1.47 bits per heavy atom. The van der Waals surface area contributed by atoms with E-state index in [0.717, 1.165) is 11.1 Å². The quantitative estimate of drug-likeness (QED) is 0.538. The highest BCUT2D eigenvalue weighted by Gasteiger charge is 2.20. The van der Waals surface area contributed by atoms with Crippen molar-refractivity contribution in [2.45, 2.75) is 25.7 Å². The van der Waals surface area contributed by atoms with Crippen LogP contribution in [0.15, 0.2) is 65.6 Å². The molecule has 0 radical (unpaired) electrons. The van der Waals surface area contributed by atoms with E-state index in [-0.39, 0.29) is 10.5 Å². The van der Waals surface area contributed by atoms with E-state index in [2.05, 4.69) is 14.8 Å². The Hall–Kier alpha value is -3.65. The van der Waals surface area contributed by atoms with E-state index in [1.54, 1.807) is 37.3 Å². The Labute approximate surface area is 187 Å². The number of esters is 1. The van der Waals surface area contributed by atoms with Crippen LogP contribution in [0.4, 0.5) is 11.4 Å². The van der Waals surface area contributed by atoms with Crippen LogP contribution in [0.5, 0.6) is 0 Å². The van der Waals surface area contributed by atoms with E-state index in [0.29, 0.717) is 22.5 Å². The summed E-state index contributed by atoms with van der Waals surface area (Å²) in [6, 6.07) is 16.1. The van der Waals surface area contributed by atoms with E-state index in [9.17, 15) is 18.0 Å². The van der Waals surface area contributed by atoms with Gasteiger partial charge in [-0.2, -0.15) is 0 Å². The van der Waals surface area contributed by atoms with Crippen LogP contribution in [-0.4, -0.2) is 27.4 Å². The SMILES string of the molecule is COC(=O)c1ccc(NC(=O)c2ccc(C)c(S(=O)(=O)Nc3ccc(C)cc3C)c2)cc1. The number of amides is 1. The molecule has 0 fully saturated rings. The zero-order valence-corrected chi connectivity index (χ0v) is 19.0. The van der Waals surface area contributed by atoms with Gasteiger partial charge in [-0.15, -0.1) is 0 Å². The zero-order valence-electron chi connectivity index (χ0n) is 18.2. The van der Waals surface area contributed by atoms with E-state index < -0.39 is 21.9 Å². The lowest BCUT2D eigenvalue weighted by molar-refractivity contribution is 0.0600. The first-order valence-electron chi connectivity index (χ1n) is 9.81. The maximum atomic E-state index is 13.0. The van der Waals surface area contributed by atoms with Gasteiger partial charge in [-0.05, 0) is 74.4 Å². The fourth-order valence-corrected chi connectivity index (χ4v) is 4.57. The number of sulfonamides is 1. The lowest BCUT2D eigenvalue weighted by Gasteiger charge is -2.14. The molecule has 0 saturated heterocycles. The molecule has 0 aliphatic carbocycles. The van der Waals surface area contributed by atoms with Crippen molar-refractivity contribution in [3.63, 3.8) is 0 Å². The summed E-state index contributed by atoms with van der Waals surface area (Å²) >= 11 is 0. The Morgan fingerprint density at radius 1 is 0.812 bits per heavy atom. The van der Waals surface area contributed by atoms with Crippen LogP contribution in [0.2, 0.25) is 0 Å². The van der Waals surface area contributed by atoms with Gasteiger partial charge in [0.2, 0.25) is 0 Å². The Morgan fingerprint density at radius 3 is 2.09 bits per heavy atom. The molecule has 32 heavy (non-hydrogen) atoms. The van der Waals surface area contributed by atoms with Gasteiger partial charge in [-0.1, -0.05) is 23.8 Å². The number of anilines is 2. The topological polar surface area (TPSA) is 102 Å². The molecule has 0 unspecified atom stereocenters. The smallest absolute Gasteiger partial charge is 0.337 e. The van der Waals surface area contributed by atoms with Gasteiger partial charge < -0.3 is 10.1 Å². The number of carbonyl (C=O) groups is 2. The van der Waals surface area contributed by atoms with Crippen LogP contribution in [0.1, 0.15) is 37.4 Å². The summed E-state index contributed by atoms with van der Waals surface area (Å²) in [5, 5.41) is 2.70. The molecule has 2 N–H and O–H groups in total. The number of nitrogens with one attached hydrogen (secondary N) is 2. The molecule has 0 heterocycles. The van der Waals surface area contributed by atoms with E-state index in [4.69, 9.17) is 0 Å². The first-order chi connectivity index (χ1) is 15.1. The fraction of sp³-hybridized carbons (Fsp3) is 0.167. The van der Waals surface area contributed by atoms with Crippen molar-refractivity contribution in [3.8, 4) is 0 Å². The number of hydrogen-bond donors (Lipinski definition) is 2. The summed E-state index contributed by atoms with van der Waals surface area (Å²) in [6.07, 6.45) is 0. The molecule has 0 saturated carbocycles. The number of carbonyl (C=O) groups excluding carboxylic acids is 2. The molecule has 7 nitrogen and oxygen atoms in total. The van der Waals surface area contributed by atoms with E-state index >= 15 is 0 Å². The normalized spacial score (nSPS) is 11.0. The van der Waals surface area contributed by atoms with Crippen molar-refractivity contribution in [1.29, 1.82) is 0 Å². The summed E-state index contributed by atoms with van der Waals surface area (Å²) in [6.45, 7) is 5.43. The monoisotopic (exact) mass is 452 g/mol. The Balaban J connectivity index is 1.84. The van der Waals surface area contributed by atoms with Gasteiger partial charge in [0, 0.05) is 11.3 Å². The van der Waals surface area contributed by atoms with Gasteiger partial charge in [0.1, 0.15) is 0 Å². The van der Waals surface area contributed by atoms with Crippen LogP contribution in [0.3, 0.4) is 0 Å². The number of aryl methyl sites for hydroxylation is 3. The lowest BCUT2D eigenvalue weighted by Crippen LogP contribution is -2.17. The molecule has 0 spiro atoms. The zero-order chi connectivity index (χ0) is 23.5. The minimum absolute atomic E-state index is 0.0196. The van der Waals surface area contributed by atoms with Gasteiger partial charge in [0.05, 0.1) is 23.3 Å². The first-order valence-corrected chi connectivity index (χ1v) is 11.3. The van der Waals surface area contributed by atoms with Crippen molar-refractivity contribution in [3.05, 3.63) is 88.5 Å². The highest BCUT2D eigenvalue weighted by atomic mass is 32.2. The summed E-state index contributed by atoms with van der Waals surface area (Å²) < 4.78 is 33.3. The summed E-state index contributed by atoms with van der Waals surface area (Å²) in [5.41, 5.74) is 3.83. The first kappa shape index (κ1) is 23.0. The van der Waals surface area contributed by atoms with Crippen LogP contribution < -0.4 is 10.0 Å². The van der Waals surface area contributed by atoms with Crippen molar-refractivity contribution in [2.75, 3.05) is 17.1 Å². The van der Waals surface area contributed by atoms with Crippen LogP contribution in [-0.2, 0) is 14.8 Å². The molecule has 8 heteroatoms. The van der Waals surface area contributed by atoms with E-state index in [1.165, 1.54) is 25.3 Å². The van der Waals surface area contributed by atoms with Crippen molar-refractivity contribution in [2.24, 2.45) is 0 Å². The van der Waals surface area contributed by atoms with E-state index in [1.807, 2.05) is 26.0 Å². The number of benzene rings is 3. The molecule has 3 aromatic carbocycles. The number of rotatable bonds is 6. The number of hydrogen-bond acceptors (Lipinski definition) is 5. The fourth-order valence-electron chi connectivity index (χ4n) is 3.17. The Kier molecular flexibility index (Phi) is 6.64. The third-order valence-electron chi connectivity index (χ3n) is 4.93. The molecule has 0 atom stereocenters. The number of methoxy groups -OCH3 is 1. The van der Waals surface area contributed by atoms with Crippen molar-refractivity contribution < 1.29 is 22.7 Å². The van der Waals surface area contributed by atoms with Crippen molar-refractivity contribution >= 4 is 33.3 Å². The van der Waals surface area contributed by atoms with Crippen LogP contribution >= 0.6 is 0 Å². The van der Waals surface area contributed by atoms with Crippen molar-refractivity contribution in [1.82, 2.24) is 0 Å². The third-order valence-corrected chi connectivity index (χ3v) is 6.44. The average molecular weight is 453 g/mol. The maximum absolute atomic E-state index is 13.0. The summed E-state index contributed by atoms with van der Waals surface area (Å²) in [7, 11) is -2.62. The van der Waals surface area contributed by atoms with Gasteiger partial charge in [-0.25, -0.2) is 13.2 Å². The highest BCUT2D eigenvalue weighted by molar-refractivity contribution is 7.92. The number of ether oxygens (including phenoxy) is 1. The minimum atomic E-state index is -3.91. The third kappa shape index (κ3) is 5.15. The molecule has 1 amide bonds. The van der Waals surface area contributed by atoms with Crippen LogP contribution in [0.25, 0.3) is 0 Å². The van der Waals surface area contributed by atoms with Gasteiger partial charge in [-0.3, -0.25) is 9.52 Å². The highest BCUT2D eigenvalue weighted by Crippen LogP contribution is 2.24. The Bertz CT molecular complexity index is 1280. The van der Waals surface area contributed by atoms with Gasteiger partial charge in [0.25, 0.3) is 15.9 Å². The second-order valence-electron chi connectivity index (χ2n) is 7.43. The molecule has 0 aromatic heterocycles. The molecule has 0 bridgehead atoms. The second kappa shape index (κ2) is 9.23. The molecule has 3 rings (SSSR count). The van der Waals surface area contributed by atoms with Crippen LogP contribution in [0, 0.1) is 20.8 Å². The molecular weight excluding hydrogens is 428 g/mol. The lowest BCUT2D eigenvalue weighted by atomic mass is 10.1. The predicted molar refractivity (Wildman–Crippen MR) is 124 cm³/mol. The predicted octanol–water partition coefficient (Wildman–Crippen LogP) is 4.45. The molecular formula is C24H24N2O5S. The maximum Gasteiger partial charge on any atom is 0.337 e. The van der Waals surface area contributed by atoms with Gasteiger partial charge in [0.15, 0.2) is 0 Å². The minimum Gasteiger partial charge on any atom is -0.465 e. The summed E-state index contributed by atoms with van der Waals surface area (Å²) in [5.74, 6) is -0.952. The molecule has 0 aliphatic heterocycles. The second-order valence-corrected chi connectivity index (χ2v) is 9.08. The molecule has 0 aliphatic rings. The standard InChI is InChI=1S/C24H24N2O5S/c1-15-5-12-21(17(3)13-15)26-32(29,30)22-14-19(7-6-16(22)2)23(27)25-20-10-8-18(9-11-20)24(28)31-4/h5-14,26H,1-4H3,(H,25,27). The largest absolute Gasteiger partial charge is 0.465 e. The van der Waals surface area contributed by atoms with Gasteiger partial charge >= 0.3 is 5.97 Å². The molecule has 3 aromatic rings. The average Bonchev–Trinajstić information content (AvgIpc) is 2.75.